The molecule has 0 fully saturated rings. The zero-order chi connectivity index (χ0) is 33.3. The monoisotopic (exact) mass is 640 g/mol. The number of benzene rings is 7. The van der Waals surface area contributed by atoms with Crippen molar-refractivity contribution in [1.82, 2.24) is 0 Å². The van der Waals surface area contributed by atoms with E-state index < -0.39 is 5.41 Å². The van der Waals surface area contributed by atoms with Crippen molar-refractivity contribution >= 4 is 10.8 Å². The number of allylic oxidation sites excluding steroid dienone is 4. The Hall–Kier alpha value is -5.92. The second kappa shape index (κ2) is 11.1. The fourth-order valence-electron chi connectivity index (χ4n) is 9.36. The summed E-state index contributed by atoms with van der Waals surface area (Å²) in [5.41, 5.74) is 12.1. The van der Waals surface area contributed by atoms with Crippen LogP contribution in [0.5, 0.6) is 5.75 Å². The van der Waals surface area contributed by atoms with Crippen LogP contribution in [-0.2, 0) is 10.8 Å². The van der Waals surface area contributed by atoms with Gasteiger partial charge in [-0.05, 0) is 91.5 Å². The van der Waals surface area contributed by atoms with Crippen LogP contribution < -0.4 is 4.74 Å². The zero-order valence-corrected chi connectivity index (χ0v) is 28.0. The van der Waals surface area contributed by atoms with Gasteiger partial charge in [0.05, 0.1) is 5.41 Å². The Balaban J connectivity index is 1.22. The lowest BCUT2D eigenvalue weighted by atomic mass is 9.63. The van der Waals surface area contributed by atoms with Gasteiger partial charge in [0.1, 0.15) is 11.5 Å². The van der Waals surface area contributed by atoms with Gasteiger partial charge in [-0.1, -0.05) is 165 Å². The molecule has 3 atom stereocenters. The van der Waals surface area contributed by atoms with E-state index in [1.54, 1.807) is 0 Å². The van der Waals surface area contributed by atoms with E-state index >= 15 is 0 Å². The van der Waals surface area contributed by atoms with Crippen LogP contribution in [0.25, 0.3) is 33.0 Å². The van der Waals surface area contributed by atoms with Crippen molar-refractivity contribution < 1.29 is 4.74 Å². The summed E-state index contributed by atoms with van der Waals surface area (Å²) >= 11 is 0. The van der Waals surface area contributed by atoms with E-state index in [0.29, 0.717) is 0 Å². The van der Waals surface area contributed by atoms with Gasteiger partial charge in [0.15, 0.2) is 0 Å². The Labute approximate surface area is 293 Å². The summed E-state index contributed by atoms with van der Waals surface area (Å²) in [4.78, 5) is 0. The Morgan fingerprint density at radius 1 is 0.560 bits per heavy atom. The second-order valence-corrected chi connectivity index (χ2v) is 14.1. The highest BCUT2D eigenvalue weighted by Gasteiger charge is 2.48. The lowest BCUT2D eigenvalue weighted by molar-refractivity contribution is 0.237. The molecule has 7 aromatic carbocycles. The van der Waals surface area contributed by atoms with Crippen LogP contribution in [0.3, 0.4) is 0 Å². The van der Waals surface area contributed by atoms with E-state index in [-0.39, 0.29) is 11.3 Å². The molecule has 3 unspecified atom stereocenters. The first-order valence-electron chi connectivity index (χ1n) is 17.7. The fraction of sp³-hybridized carbons (Fsp3) is 0.102. The minimum atomic E-state index is -0.492. The molecule has 7 aromatic rings. The fourth-order valence-corrected chi connectivity index (χ4v) is 9.36. The Bertz CT molecular complexity index is 2510. The van der Waals surface area contributed by atoms with Gasteiger partial charge in [0, 0.05) is 16.9 Å². The van der Waals surface area contributed by atoms with Gasteiger partial charge in [-0.25, -0.2) is 0 Å². The van der Waals surface area contributed by atoms with Crippen LogP contribution in [0, 0.1) is 5.92 Å². The standard InChI is InChI=1S/C49H36O/c1-48(36-17-4-2-5-18-36)43-25-12-13-26-45(43)50-46-30-28-35(32-44(46)48)34-16-14-21-38(31-34)49(37-19-6-3-7-20-37)42-24-11-10-23-40(42)41-29-27-33-15-8-9-22-39(33)47(41)49/h2-24,26-32,43H,25H2,1H3. The van der Waals surface area contributed by atoms with Crippen LogP contribution >= 0.6 is 0 Å². The van der Waals surface area contributed by atoms with Gasteiger partial charge < -0.3 is 4.74 Å². The molecule has 0 aromatic heterocycles. The van der Waals surface area contributed by atoms with Crippen LogP contribution in [0.1, 0.15) is 46.7 Å². The van der Waals surface area contributed by atoms with Gasteiger partial charge in [0.25, 0.3) is 0 Å². The van der Waals surface area contributed by atoms with Gasteiger partial charge >= 0.3 is 0 Å². The van der Waals surface area contributed by atoms with Crippen LogP contribution in [0.2, 0.25) is 0 Å². The first-order valence-corrected chi connectivity index (χ1v) is 17.7. The molecule has 0 saturated heterocycles. The minimum absolute atomic E-state index is 0.227. The molecule has 0 N–H and O–H groups in total. The third kappa shape index (κ3) is 4.01. The SMILES string of the molecule is CC1(c2ccccc2)c2cc(-c3cccc(C4(c5ccccc5)c5ccccc5-c5ccc6ccccc6c54)c3)ccc2OC2=CC=CCC21. The Morgan fingerprint density at radius 3 is 2.14 bits per heavy atom. The average molecular weight is 641 g/mol. The van der Waals surface area contributed by atoms with E-state index in [2.05, 4.69) is 189 Å². The van der Waals surface area contributed by atoms with Crippen molar-refractivity contribution in [1.29, 1.82) is 0 Å². The molecule has 1 aliphatic heterocycles. The predicted octanol–water partition coefficient (Wildman–Crippen LogP) is 12.0. The summed E-state index contributed by atoms with van der Waals surface area (Å²) in [7, 11) is 0. The average Bonchev–Trinajstić information content (AvgIpc) is 3.50. The third-order valence-corrected chi connectivity index (χ3v) is 11.7. The molecular formula is C49H36O. The van der Waals surface area contributed by atoms with Gasteiger partial charge in [-0.2, -0.15) is 0 Å². The summed E-state index contributed by atoms with van der Waals surface area (Å²) in [5, 5.41) is 2.56. The van der Waals surface area contributed by atoms with Crippen molar-refractivity contribution in [2.75, 3.05) is 0 Å². The van der Waals surface area contributed by atoms with Crippen LogP contribution in [0.4, 0.5) is 0 Å². The molecule has 3 aliphatic rings. The molecule has 1 nitrogen and oxygen atoms in total. The maximum atomic E-state index is 6.65. The lowest BCUT2D eigenvalue weighted by Gasteiger charge is -2.45. The molecule has 50 heavy (non-hydrogen) atoms. The highest BCUT2D eigenvalue weighted by atomic mass is 16.5. The molecule has 0 bridgehead atoms. The summed E-state index contributed by atoms with van der Waals surface area (Å²) < 4.78 is 6.65. The van der Waals surface area contributed by atoms with Crippen molar-refractivity contribution in [3.63, 3.8) is 0 Å². The van der Waals surface area contributed by atoms with E-state index in [0.717, 1.165) is 17.9 Å². The molecule has 0 amide bonds. The Morgan fingerprint density at radius 2 is 1.28 bits per heavy atom. The summed E-state index contributed by atoms with van der Waals surface area (Å²) in [6.07, 6.45) is 7.51. The summed E-state index contributed by atoms with van der Waals surface area (Å²) in [6.45, 7) is 2.41. The minimum Gasteiger partial charge on any atom is -0.461 e. The smallest absolute Gasteiger partial charge is 0.131 e. The molecule has 0 saturated carbocycles. The number of fused-ring (bicyclic) bond motifs is 7. The number of ether oxygens (including phenoxy) is 1. The normalized spacial score (nSPS) is 21.4. The molecule has 2 aliphatic carbocycles. The largest absolute Gasteiger partial charge is 0.461 e. The van der Waals surface area contributed by atoms with Crippen molar-refractivity contribution in [2.45, 2.75) is 24.2 Å². The molecule has 1 heteroatoms. The molecule has 238 valence electrons. The van der Waals surface area contributed by atoms with Gasteiger partial charge in [-0.15, -0.1) is 0 Å². The van der Waals surface area contributed by atoms with Crippen molar-refractivity contribution in [3.8, 4) is 28.0 Å². The topological polar surface area (TPSA) is 9.23 Å². The molecule has 0 spiro atoms. The Kier molecular flexibility index (Phi) is 6.42. The maximum Gasteiger partial charge on any atom is 0.131 e. The highest BCUT2D eigenvalue weighted by molar-refractivity contribution is 6.00. The maximum absolute atomic E-state index is 6.65. The quantitative estimate of drug-likeness (QED) is 0.186. The van der Waals surface area contributed by atoms with Crippen molar-refractivity contribution in [3.05, 3.63) is 221 Å². The van der Waals surface area contributed by atoms with E-state index in [4.69, 9.17) is 4.74 Å². The third-order valence-electron chi connectivity index (χ3n) is 11.7. The summed E-state index contributed by atoms with van der Waals surface area (Å²) in [6, 6.07) is 60.7. The first-order chi connectivity index (χ1) is 24.7. The second-order valence-electron chi connectivity index (χ2n) is 14.1. The van der Waals surface area contributed by atoms with Crippen LogP contribution in [0.15, 0.2) is 188 Å². The molecule has 0 radical (unpaired) electrons. The molecule has 10 rings (SSSR count). The predicted molar refractivity (Wildman–Crippen MR) is 206 cm³/mol. The number of hydrogen-bond acceptors (Lipinski definition) is 1. The number of hydrogen-bond donors (Lipinski definition) is 0. The van der Waals surface area contributed by atoms with E-state index in [1.165, 1.54) is 66.4 Å². The van der Waals surface area contributed by atoms with E-state index in [1.807, 2.05) is 0 Å². The first kappa shape index (κ1) is 29.0. The molecule has 1 heterocycles. The summed E-state index contributed by atoms with van der Waals surface area (Å²) in [5.74, 6) is 2.22. The zero-order valence-electron chi connectivity index (χ0n) is 28.0. The highest BCUT2D eigenvalue weighted by Crippen LogP contribution is 2.59. The molecular weight excluding hydrogens is 605 g/mol. The number of rotatable bonds is 4. The van der Waals surface area contributed by atoms with Crippen molar-refractivity contribution in [2.24, 2.45) is 5.92 Å². The van der Waals surface area contributed by atoms with Crippen LogP contribution in [-0.4, -0.2) is 0 Å². The van der Waals surface area contributed by atoms with Gasteiger partial charge in [0.2, 0.25) is 0 Å². The van der Waals surface area contributed by atoms with Gasteiger partial charge in [-0.3, -0.25) is 0 Å². The lowest BCUT2D eigenvalue weighted by Crippen LogP contribution is -2.40. The van der Waals surface area contributed by atoms with E-state index in [9.17, 15) is 0 Å².